The second-order valence-electron chi connectivity index (χ2n) is 8.06. The van der Waals surface area contributed by atoms with Crippen molar-refractivity contribution in [3.8, 4) is 11.1 Å². The highest BCUT2D eigenvalue weighted by atomic mass is 32.1. The summed E-state index contributed by atoms with van der Waals surface area (Å²) < 4.78 is 28.5. The number of thiophene rings is 2. The van der Waals surface area contributed by atoms with Gasteiger partial charge in [0.2, 0.25) is 0 Å². The largest absolute Gasteiger partial charge is 0.344 e. The minimum Gasteiger partial charge on any atom is -0.344 e. The van der Waals surface area contributed by atoms with Crippen molar-refractivity contribution in [2.24, 2.45) is 0 Å². The Morgan fingerprint density at radius 2 is 1.97 bits per heavy atom. The number of carbonyl (C=O) groups excluding carboxylic acids is 1. The van der Waals surface area contributed by atoms with Gasteiger partial charge in [-0.2, -0.15) is 0 Å². The number of aryl methyl sites for hydroxylation is 1. The van der Waals surface area contributed by atoms with Gasteiger partial charge >= 0.3 is 0 Å². The molecule has 158 valence electrons. The van der Waals surface area contributed by atoms with Crippen molar-refractivity contribution in [1.82, 2.24) is 10.3 Å². The van der Waals surface area contributed by atoms with Crippen molar-refractivity contribution in [1.29, 1.82) is 0 Å². The molecule has 3 heterocycles. The third-order valence-corrected chi connectivity index (χ3v) is 7.91. The maximum Gasteiger partial charge on any atom is 0.262 e. The zero-order valence-corrected chi connectivity index (χ0v) is 18.7. The molecule has 5 rings (SSSR count). The van der Waals surface area contributed by atoms with Crippen molar-refractivity contribution in [3.63, 3.8) is 0 Å². The number of fused-ring (bicyclic) bond motifs is 2. The van der Waals surface area contributed by atoms with Crippen LogP contribution in [-0.2, 0) is 6.42 Å². The molecular weight excluding hydrogens is 434 g/mol. The molecule has 0 radical (unpaired) electrons. The van der Waals surface area contributed by atoms with Gasteiger partial charge in [0.15, 0.2) is 0 Å². The Morgan fingerprint density at radius 1 is 1.19 bits per heavy atom. The average Bonchev–Trinajstić information content (AvgIpc) is 3.41. The van der Waals surface area contributed by atoms with Crippen LogP contribution in [0.3, 0.4) is 0 Å². The van der Waals surface area contributed by atoms with Crippen LogP contribution in [0.2, 0.25) is 0 Å². The van der Waals surface area contributed by atoms with E-state index in [4.69, 9.17) is 0 Å². The number of hydrogen-bond acceptors (Lipinski definition) is 4. The van der Waals surface area contributed by atoms with Gasteiger partial charge in [-0.25, -0.2) is 8.78 Å². The highest BCUT2D eigenvalue weighted by Gasteiger charge is 2.29. The number of halogens is 2. The summed E-state index contributed by atoms with van der Waals surface area (Å²) in [6.07, 6.45) is 3.52. The first-order valence-electron chi connectivity index (χ1n) is 10.2. The zero-order chi connectivity index (χ0) is 21.7. The highest BCUT2D eigenvalue weighted by molar-refractivity contribution is 7.21. The number of benzene rings is 1. The van der Waals surface area contributed by atoms with Crippen LogP contribution < -0.4 is 5.32 Å². The molecule has 3 nitrogen and oxygen atoms in total. The maximum absolute atomic E-state index is 13.9. The van der Waals surface area contributed by atoms with Gasteiger partial charge in [0.25, 0.3) is 5.91 Å². The predicted octanol–water partition coefficient (Wildman–Crippen LogP) is 6.84. The summed E-state index contributed by atoms with van der Waals surface area (Å²) in [5.74, 6) is -1.31. The van der Waals surface area contributed by atoms with E-state index in [1.165, 1.54) is 33.9 Å². The van der Waals surface area contributed by atoms with E-state index in [9.17, 15) is 13.6 Å². The number of pyridine rings is 1. The molecule has 0 bridgehead atoms. The van der Waals surface area contributed by atoms with E-state index in [0.717, 1.165) is 34.7 Å². The monoisotopic (exact) mass is 454 g/mol. The van der Waals surface area contributed by atoms with Crippen molar-refractivity contribution in [2.45, 2.75) is 38.6 Å². The van der Waals surface area contributed by atoms with Gasteiger partial charge in [-0.3, -0.25) is 9.78 Å². The Balaban J connectivity index is 1.60. The molecule has 0 aliphatic heterocycles. The van der Waals surface area contributed by atoms with Crippen molar-refractivity contribution >= 4 is 38.8 Å². The van der Waals surface area contributed by atoms with Gasteiger partial charge in [-0.05, 0) is 59.5 Å². The molecule has 1 aliphatic carbocycles. The quantitative estimate of drug-likeness (QED) is 0.367. The summed E-state index contributed by atoms with van der Waals surface area (Å²) in [6.45, 7) is 4.06. The van der Waals surface area contributed by atoms with Crippen LogP contribution in [0.15, 0.2) is 41.9 Å². The van der Waals surface area contributed by atoms with E-state index in [0.29, 0.717) is 16.0 Å². The van der Waals surface area contributed by atoms with Gasteiger partial charge in [-0.15, -0.1) is 22.7 Å². The summed E-state index contributed by atoms with van der Waals surface area (Å²) >= 11 is 3.08. The van der Waals surface area contributed by atoms with Crippen LogP contribution in [0.4, 0.5) is 8.78 Å². The molecule has 0 fully saturated rings. The molecule has 31 heavy (non-hydrogen) atoms. The van der Waals surface area contributed by atoms with E-state index in [1.807, 2.05) is 13.8 Å². The lowest BCUT2D eigenvalue weighted by Crippen LogP contribution is -2.27. The van der Waals surface area contributed by atoms with Gasteiger partial charge in [0.1, 0.15) is 11.6 Å². The van der Waals surface area contributed by atoms with E-state index in [-0.39, 0.29) is 17.9 Å². The topological polar surface area (TPSA) is 42.0 Å². The standard InChI is InChI=1S/C24H20F2N2OS2/c1-12(2)20-21-22(16(5-7-27-21)13-9-14(25)11-15(26)10-13)31-23(20)24(29)28-18-3-4-19-17(18)6-8-30-19/h5-12,18H,3-4H2,1-2H3,(H,28,29)/t18-/m1/s1. The van der Waals surface area contributed by atoms with Crippen LogP contribution in [0.1, 0.15) is 57.9 Å². The summed E-state index contributed by atoms with van der Waals surface area (Å²) in [6, 6.07) is 7.32. The summed E-state index contributed by atoms with van der Waals surface area (Å²) in [5.41, 5.74) is 3.91. The van der Waals surface area contributed by atoms with Crippen LogP contribution in [0, 0.1) is 11.6 Å². The molecule has 1 aliphatic rings. The number of aromatic nitrogens is 1. The molecular formula is C24H20F2N2OS2. The average molecular weight is 455 g/mol. The first-order chi connectivity index (χ1) is 14.9. The Hall–Kier alpha value is -2.64. The molecule has 0 saturated carbocycles. The second-order valence-corrected chi connectivity index (χ2v) is 10.1. The van der Waals surface area contributed by atoms with Crippen LogP contribution in [-0.4, -0.2) is 10.9 Å². The summed E-state index contributed by atoms with van der Waals surface area (Å²) in [4.78, 5) is 19.8. The second kappa shape index (κ2) is 7.80. The van der Waals surface area contributed by atoms with Gasteiger partial charge < -0.3 is 5.32 Å². The fourth-order valence-electron chi connectivity index (χ4n) is 4.32. The molecule has 3 aromatic heterocycles. The lowest BCUT2D eigenvalue weighted by molar-refractivity contribution is 0.0939. The number of nitrogens with zero attached hydrogens (tertiary/aromatic N) is 1. The van der Waals surface area contributed by atoms with Crippen LogP contribution in [0.25, 0.3) is 21.3 Å². The smallest absolute Gasteiger partial charge is 0.262 e. The number of hydrogen-bond donors (Lipinski definition) is 1. The summed E-state index contributed by atoms with van der Waals surface area (Å²) in [7, 11) is 0. The van der Waals surface area contributed by atoms with Crippen LogP contribution >= 0.6 is 22.7 Å². The SMILES string of the molecule is CC(C)c1c(C(=O)N[C@@H]2CCc3sccc32)sc2c(-c3cc(F)cc(F)c3)ccnc12. The third kappa shape index (κ3) is 3.55. The third-order valence-electron chi connectivity index (χ3n) is 5.69. The number of amides is 1. The Morgan fingerprint density at radius 3 is 2.71 bits per heavy atom. The number of carbonyl (C=O) groups is 1. The summed E-state index contributed by atoms with van der Waals surface area (Å²) in [5, 5.41) is 5.27. The predicted molar refractivity (Wildman–Crippen MR) is 122 cm³/mol. The van der Waals surface area contributed by atoms with Crippen molar-refractivity contribution in [3.05, 3.63) is 74.4 Å². The number of rotatable bonds is 4. The fraction of sp³-hybridized carbons (Fsp3) is 0.250. The Kier molecular flexibility index (Phi) is 5.10. The lowest BCUT2D eigenvalue weighted by atomic mass is 9.99. The molecule has 0 unspecified atom stereocenters. The number of nitrogens with one attached hydrogen (secondary N) is 1. The molecule has 0 saturated heterocycles. The van der Waals surface area contributed by atoms with Crippen molar-refractivity contribution in [2.75, 3.05) is 0 Å². The molecule has 0 spiro atoms. The lowest BCUT2D eigenvalue weighted by Gasteiger charge is -2.14. The van der Waals surface area contributed by atoms with E-state index in [2.05, 4.69) is 21.7 Å². The fourth-order valence-corrected chi connectivity index (χ4v) is 6.63. The Bertz CT molecular complexity index is 1290. The molecule has 1 atom stereocenters. The minimum atomic E-state index is -0.633. The minimum absolute atomic E-state index is 0.0173. The van der Waals surface area contributed by atoms with Gasteiger partial charge in [0.05, 0.1) is 21.1 Å². The molecule has 1 aromatic carbocycles. The van der Waals surface area contributed by atoms with Crippen LogP contribution in [0.5, 0.6) is 0 Å². The highest BCUT2D eigenvalue weighted by Crippen LogP contribution is 2.41. The van der Waals surface area contributed by atoms with Gasteiger partial charge in [0, 0.05) is 28.3 Å². The van der Waals surface area contributed by atoms with E-state index in [1.54, 1.807) is 23.6 Å². The molecule has 4 aromatic rings. The first-order valence-corrected chi connectivity index (χ1v) is 11.9. The maximum atomic E-state index is 13.9. The van der Waals surface area contributed by atoms with Crippen molar-refractivity contribution < 1.29 is 13.6 Å². The normalized spacial score (nSPS) is 15.6. The molecule has 7 heteroatoms. The molecule has 1 N–H and O–H groups in total. The molecule has 1 amide bonds. The Labute approximate surface area is 186 Å². The van der Waals surface area contributed by atoms with E-state index < -0.39 is 11.6 Å². The van der Waals surface area contributed by atoms with E-state index >= 15 is 0 Å². The first kappa shape index (κ1) is 20.3. The van der Waals surface area contributed by atoms with Gasteiger partial charge in [-0.1, -0.05) is 13.8 Å². The zero-order valence-electron chi connectivity index (χ0n) is 17.0.